The summed E-state index contributed by atoms with van der Waals surface area (Å²) in [6.07, 6.45) is -2.91. The Morgan fingerprint density at radius 2 is 0.984 bits per heavy atom. The van der Waals surface area contributed by atoms with E-state index in [1.807, 2.05) is 27.7 Å². The summed E-state index contributed by atoms with van der Waals surface area (Å²) in [5.41, 5.74) is 0.141. The Labute approximate surface area is 378 Å². The second kappa shape index (κ2) is 23.7. The Balaban J connectivity index is 1.26. The molecule has 2 aromatic carbocycles. The van der Waals surface area contributed by atoms with E-state index in [1.165, 1.54) is 36.4 Å². The standard InChI is InChI=1S/C38H46B2Cl4N6O12/c1-19(2)11-29(49-31(51)17-47-35(55)23-13-21(41)5-7-25(23)43)39-59-27(15-33(53)61-39)37(57)45-9-10-46-38(58)28-16-34(54)62-40(60-28)30(12-20(3)4)50-32(52)18-48-36(56)24-14-22(42)6-8-26(24)44/h5-8,13-14,19-20,27-30H,9-12,15-18H2,1-4H3,(H,45,57)(H,46,58)(H,47,55)(H,48,56)(H,49,51)(H,50,52)/t27-,28-,29+,30+/m1/s1. The summed E-state index contributed by atoms with van der Waals surface area (Å²) in [4.78, 5) is 103. The summed E-state index contributed by atoms with van der Waals surface area (Å²) in [6, 6.07) is 8.62. The van der Waals surface area contributed by atoms with Crippen LogP contribution in [0.15, 0.2) is 36.4 Å². The number of hydrogen-bond donors (Lipinski definition) is 6. The number of nitrogens with one attached hydrogen (secondary N) is 6. The monoisotopic (exact) mass is 940 g/mol. The Kier molecular flexibility index (Phi) is 19.2. The van der Waals surface area contributed by atoms with Crippen molar-refractivity contribution >= 4 is 108 Å². The fourth-order valence-electron chi connectivity index (χ4n) is 6.26. The molecular formula is C38H46B2Cl4N6O12. The fraction of sp³-hybridized carbons (Fsp3) is 0.474. The highest BCUT2D eigenvalue weighted by Crippen LogP contribution is 2.23. The Morgan fingerprint density at radius 3 is 1.34 bits per heavy atom. The molecule has 2 aliphatic heterocycles. The number of rotatable bonds is 19. The fourth-order valence-corrected chi connectivity index (χ4v) is 7.01. The van der Waals surface area contributed by atoms with Crippen LogP contribution in [0.1, 0.15) is 74.1 Å². The van der Waals surface area contributed by atoms with Gasteiger partial charge in [-0.25, -0.2) is 0 Å². The van der Waals surface area contributed by atoms with E-state index in [-0.39, 0.29) is 69.0 Å². The Bertz CT molecular complexity index is 1880. The molecule has 2 saturated heterocycles. The molecule has 0 saturated carbocycles. The molecule has 0 aromatic heterocycles. The molecule has 2 aliphatic rings. The normalized spacial score (nSPS) is 17.3. The molecule has 6 N–H and O–H groups in total. The van der Waals surface area contributed by atoms with Crippen LogP contribution in [0, 0.1) is 11.8 Å². The van der Waals surface area contributed by atoms with Gasteiger partial charge in [0.1, 0.15) is 12.2 Å². The highest BCUT2D eigenvalue weighted by molar-refractivity contribution is 6.50. The van der Waals surface area contributed by atoms with Crippen molar-refractivity contribution in [2.45, 2.75) is 77.5 Å². The topological polar surface area (TPSA) is 246 Å². The summed E-state index contributed by atoms with van der Waals surface area (Å²) < 4.78 is 22.4. The van der Waals surface area contributed by atoms with Crippen LogP contribution in [-0.4, -0.2) is 112 Å². The molecule has 62 heavy (non-hydrogen) atoms. The van der Waals surface area contributed by atoms with Crippen molar-refractivity contribution in [2.24, 2.45) is 11.8 Å². The molecule has 24 heteroatoms. The summed E-state index contributed by atoms with van der Waals surface area (Å²) in [5.74, 6) is -7.28. The SMILES string of the molecule is CC(C)C[C@H](NC(=O)CNC(=O)c1cc(Cl)ccc1Cl)B1OC(=O)C[C@H](C(=O)NCCNC(=O)[C@H]2CC(=O)OB([C@H](CC(C)C)NC(=O)CNC(=O)c3cc(Cl)ccc3Cl)O2)O1. The zero-order chi connectivity index (χ0) is 45.7. The van der Waals surface area contributed by atoms with Crippen LogP contribution in [0.3, 0.4) is 0 Å². The first kappa shape index (κ1) is 50.1. The molecule has 0 aliphatic carbocycles. The van der Waals surface area contributed by atoms with Crippen LogP contribution in [-0.2, 0) is 47.4 Å². The first-order valence-electron chi connectivity index (χ1n) is 19.6. The lowest BCUT2D eigenvalue weighted by Gasteiger charge is -2.32. The second-order valence-corrected chi connectivity index (χ2v) is 16.9. The lowest BCUT2D eigenvalue weighted by atomic mass is 9.72. The molecule has 2 heterocycles. The van der Waals surface area contributed by atoms with E-state index >= 15 is 0 Å². The van der Waals surface area contributed by atoms with E-state index in [9.17, 15) is 38.4 Å². The van der Waals surface area contributed by atoms with Gasteiger partial charge in [-0.15, -0.1) is 0 Å². The molecule has 0 radical (unpaired) electrons. The summed E-state index contributed by atoms with van der Waals surface area (Å²) in [5, 5.41) is 16.3. The number of carbonyl (C=O) groups is 8. The lowest BCUT2D eigenvalue weighted by molar-refractivity contribution is -0.149. The second-order valence-electron chi connectivity index (χ2n) is 15.2. The smallest absolute Gasteiger partial charge is 0.508 e. The van der Waals surface area contributed by atoms with Crippen molar-refractivity contribution in [3.8, 4) is 0 Å². The van der Waals surface area contributed by atoms with E-state index in [4.69, 9.17) is 65.0 Å². The average molecular weight is 942 g/mol. The molecule has 4 atom stereocenters. The molecular weight excluding hydrogens is 896 g/mol. The Morgan fingerprint density at radius 1 is 0.613 bits per heavy atom. The maximum atomic E-state index is 13.1. The highest BCUT2D eigenvalue weighted by Gasteiger charge is 2.45. The maximum absolute atomic E-state index is 13.1. The molecule has 6 amide bonds. The quantitative estimate of drug-likeness (QED) is 0.0879. The summed E-state index contributed by atoms with van der Waals surface area (Å²) in [6.45, 7) is 6.29. The van der Waals surface area contributed by atoms with Gasteiger partial charge in [0.05, 0.1) is 59.0 Å². The van der Waals surface area contributed by atoms with Crippen molar-refractivity contribution < 1.29 is 57.0 Å². The van der Waals surface area contributed by atoms with Gasteiger partial charge in [0, 0.05) is 23.1 Å². The van der Waals surface area contributed by atoms with Crippen LogP contribution in [0.2, 0.25) is 20.1 Å². The predicted octanol–water partition coefficient (Wildman–Crippen LogP) is 2.47. The number of hydrogen-bond acceptors (Lipinski definition) is 12. The van der Waals surface area contributed by atoms with Crippen molar-refractivity contribution in [1.29, 1.82) is 0 Å². The van der Waals surface area contributed by atoms with Crippen LogP contribution in [0.5, 0.6) is 0 Å². The van der Waals surface area contributed by atoms with Crippen molar-refractivity contribution in [3.63, 3.8) is 0 Å². The van der Waals surface area contributed by atoms with E-state index in [0.717, 1.165) is 0 Å². The third-order valence-corrected chi connectivity index (χ3v) is 10.2. The molecule has 2 aromatic rings. The summed E-state index contributed by atoms with van der Waals surface area (Å²) in [7, 11) is -2.69. The average Bonchev–Trinajstić information content (AvgIpc) is 3.20. The molecule has 4 rings (SSSR count). The van der Waals surface area contributed by atoms with Gasteiger partial charge in [-0.1, -0.05) is 74.1 Å². The third-order valence-electron chi connectivity index (χ3n) is 9.07. The summed E-state index contributed by atoms with van der Waals surface area (Å²) >= 11 is 24.1. The molecule has 334 valence electrons. The van der Waals surface area contributed by atoms with E-state index in [0.29, 0.717) is 0 Å². The van der Waals surface area contributed by atoms with Gasteiger partial charge >= 0.3 is 14.2 Å². The number of amides is 6. The first-order chi connectivity index (χ1) is 29.3. The van der Waals surface area contributed by atoms with Gasteiger partial charge in [-0.05, 0) is 61.1 Å². The number of carbonyl (C=O) groups excluding carboxylic acids is 8. The maximum Gasteiger partial charge on any atom is 0.551 e. The zero-order valence-corrected chi connectivity index (χ0v) is 37.2. The van der Waals surface area contributed by atoms with Crippen molar-refractivity contribution in [2.75, 3.05) is 26.2 Å². The van der Waals surface area contributed by atoms with Gasteiger partial charge in [0.15, 0.2) is 0 Å². The molecule has 0 bridgehead atoms. The Hall–Kier alpha value is -4.59. The van der Waals surface area contributed by atoms with Crippen LogP contribution >= 0.6 is 46.4 Å². The third kappa shape index (κ3) is 15.6. The van der Waals surface area contributed by atoms with E-state index in [1.54, 1.807) is 0 Å². The highest BCUT2D eigenvalue weighted by atomic mass is 35.5. The van der Waals surface area contributed by atoms with Gasteiger partial charge in [0.25, 0.3) is 23.8 Å². The minimum absolute atomic E-state index is 0.0221. The molecule has 0 spiro atoms. The van der Waals surface area contributed by atoms with Crippen LogP contribution in [0.4, 0.5) is 0 Å². The largest absolute Gasteiger partial charge is 0.551 e. The molecule has 0 unspecified atom stereocenters. The predicted molar refractivity (Wildman–Crippen MR) is 229 cm³/mol. The number of halogens is 4. The van der Waals surface area contributed by atoms with E-state index in [2.05, 4.69) is 31.9 Å². The first-order valence-corrected chi connectivity index (χ1v) is 21.1. The molecule has 2 fully saturated rings. The lowest BCUT2D eigenvalue weighted by Crippen LogP contribution is -2.58. The van der Waals surface area contributed by atoms with Gasteiger partial charge in [-0.2, -0.15) is 0 Å². The molecule has 18 nitrogen and oxygen atoms in total. The van der Waals surface area contributed by atoms with Gasteiger partial charge in [0.2, 0.25) is 23.6 Å². The number of benzene rings is 2. The van der Waals surface area contributed by atoms with Crippen LogP contribution < -0.4 is 31.9 Å². The van der Waals surface area contributed by atoms with Crippen molar-refractivity contribution in [1.82, 2.24) is 31.9 Å². The minimum atomic E-state index is -1.34. The zero-order valence-electron chi connectivity index (χ0n) is 34.2. The van der Waals surface area contributed by atoms with E-state index < -0.39 is 112 Å². The van der Waals surface area contributed by atoms with Crippen LogP contribution in [0.25, 0.3) is 0 Å². The minimum Gasteiger partial charge on any atom is -0.508 e. The van der Waals surface area contributed by atoms with Gasteiger partial charge in [-0.3, -0.25) is 38.4 Å². The van der Waals surface area contributed by atoms with Gasteiger partial charge < -0.3 is 50.5 Å². The van der Waals surface area contributed by atoms with Crippen molar-refractivity contribution in [3.05, 3.63) is 67.6 Å².